The van der Waals surface area contributed by atoms with Crippen LogP contribution in [0, 0.1) is 6.92 Å². The van der Waals surface area contributed by atoms with Crippen molar-refractivity contribution in [3.8, 4) is 0 Å². The van der Waals surface area contributed by atoms with Crippen LogP contribution in [0.25, 0.3) is 10.1 Å². The van der Waals surface area contributed by atoms with Gasteiger partial charge in [-0.2, -0.15) is 0 Å². The van der Waals surface area contributed by atoms with Gasteiger partial charge in [0.15, 0.2) is 0 Å². The Bertz CT molecular complexity index is 932. The predicted molar refractivity (Wildman–Crippen MR) is 99.2 cm³/mol. The number of benzene rings is 2. The molecule has 3 aromatic rings. The first-order chi connectivity index (χ1) is 11.5. The molecule has 24 heavy (non-hydrogen) atoms. The molecular weight excluding hydrogens is 346 g/mol. The van der Waals surface area contributed by atoms with Crippen molar-refractivity contribution >= 4 is 55.7 Å². The van der Waals surface area contributed by atoms with E-state index in [2.05, 4.69) is 10.6 Å². The van der Waals surface area contributed by atoms with E-state index in [9.17, 15) is 9.59 Å². The summed E-state index contributed by atoms with van der Waals surface area (Å²) < 4.78 is 0.871. The monoisotopic (exact) mass is 359 g/mol. The van der Waals surface area contributed by atoms with E-state index in [0.29, 0.717) is 21.3 Å². The van der Waals surface area contributed by atoms with Gasteiger partial charge in [-0.1, -0.05) is 41.9 Å². The van der Waals surface area contributed by atoms with Crippen molar-refractivity contribution in [2.45, 2.75) is 6.92 Å². The summed E-state index contributed by atoms with van der Waals surface area (Å²) in [6, 6.07) is 12.2. The number of hydrogen-bond acceptors (Lipinski definition) is 3. The highest BCUT2D eigenvalue weighted by molar-refractivity contribution is 7.23. The van der Waals surface area contributed by atoms with Gasteiger partial charge < -0.3 is 11.1 Å². The summed E-state index contributed by atoms with van der Waals surface area (Å²) in [7, 11) is 0. The summed E-state index contributed by atoms with van der Waals surface area (Å²) in [6.45, 7) is 1.84. The second-order valence-corrected chi connectivity index (χ2v) is 6.64. The Morgan fingerprint density at radius 1 is 1.08 bits per heavy atom. The molecule has 4 N–H and O–H groups in total. The molecule has 0 radical (unpaired) electrons. The first-order valence-corrected chi connectivity index (χ1v) is 8.31. The number of urea groups is 1. The minimum Gasteiger partial charge on any atom is -0.365 e. The quantitative estimate of drug-likeness (QED) is 0.638. The maximum atomic E-state index is 12.3. The Labute approximate surface area is 147 Å². The van der Waals surface area contributed by atoms with Crippen LogP contribution in [0.3, 0.4) is 0 Å². The smallest absolute Gasteiger partial charge is 0.324 e. The zero-order valence-electron chi connectivity index (χ0n) is 12.7. The fourth-order valence-electron chi connectivity index (χ4n) is 2.42. The lowest BCUT2D eigenvalue weighted by atomic mass is 10.1. The summed E-state index contributed by atoms with van der Waals surface area (Å²) in [5, 5.41) is 6.97. The molecule has 5 nitrogen and oxygen atoms in total. The van der Waals surface area contributed by atoms with Crippen LogP contribution in [-0.4, -0.2) is 11.9 Å². The van der Waals surface area contributed by atoms with Crippen molar-refractivity contribution in [2.75, 3.05) is 10.6 Å². The minimum absolute atomic E-state index is 0.307. The number of anilines is 2. The molecule has 2 aromatic carbocycles. The van der Waals surface area contributed by atoms with E-state index >= 15 is 0 Å². The highest BCUT2D eigenvalue weighted by Crippen LogP contribution is 2.35. The number of halogens is 1. The maximum Gasteiger partial charge on any atom is 0.324 e. The molecule has 0 atom stereocenters. The Balaban J connectivity index is 1.91. The molecule has 3 rings (SSSR count). The number of hydrogen-bond donors (Lipinski definition) is 3. The van der Waals surface area contributed by atoms with E-state index in [1.54, 1.807) is 18.2 Å². The molecule has 7 heteroatoms. The SMILES string of the molecule is Cc1cccc(Cl)c1NC(=O)Nc1sc2ccccc2c1C(N)=O. The standard InChI is InChI=1S/C17H14ClN3O2S/c1-9-5-4-7-11(18)14(9)20-17(23)21-16-13(15(19)22)10-6-2-3-8-12(10)24-16/h2-8H,1H3,(H2,19,22)(H2,20,21,23). The van der Waals surface area contributed by atoms with E-state index in [1.807, 2.05) is 31.2 Å². The Hall–Kier alpha value is -2.57. The van der Waals surface area contributed by atoms with E-state index in [4.69, 9.17) is 17.3 Å². The first kappa shape index (κ1) is 16.3. The Kier molecular flexibility index (Phi) is 4.42. The van der Waals surface area contributed by atoms with Crippen LogP contribution in [0.1, 0.15) is 15.9 Å². The first-order valence-electron chi connectivity index (χ1n) is 7.12. The summed E-state index contributed by atoms with van der Waals surface area (Å²) in [6.07, 6.45) is 0. The van der Waals surface area contributed by atoms with Gasteiger partial charge >= 0.3 is 6.03 Å². The van der Waals surface area contributed by atoms with Crippen LogP contribution in [0.2, 0.25) is 5.02 Å². The molecule has 0 unspecified atom stereocenters. The second-order valence-electron chi connectivity index (χ2n) is 5.18. The third-order valence-electron chi connectivity index (χ3n) is 3.53. The lowest BCUT2D eigenvalue weighted by Crippen LogP contribution is -2.22. The number of carbonyl (C=O) groups excluding carboxylic acids is 2. The molecule has 3 amide bonds. The number of primary amides is 1. The zero-order valence-corrected chi connectivity index (χ0v) is 14.3. The fourth-order valence-corrected chi connectivity index (χ4v) is 3.79. The molecule has 1 aromatic heterocycles. The topological polar surface area (TPSA) is 84.2 Å². The van der Waals surface area contributed by atoms with Crippen LogP contribution >= 0.6 is 22.9 Å². The average molecular weight is 360 g/mol. The molecule has 0 spiro atoms. The highest BCUT2D eigenvalue weighted by Gasteiger charge is 2.19. The van der Waals surface area contributed by atoms with Crippen LogP contribution in [0.5, 0.6) is 0 Å². The van der Waals surface area contributed by atoms with Gasteiger partial charge in [-0.25, -0.2) is 4.79 Å². The van der Waals surface area contributed by atoms with Gasteiger partial charge in [0.25, 0.3) is 5.91 Å². The zero-order chi connectivity index (χ0) is 17.3. The molecule has 0 aliphatic heterocycles. The Morgan fingerprint density at radius 3 is 2.54 bits per heavy atom. The van der Waals surface area contributed by atoms with Crippen molar-refractivity contribution in [2.24, 2.45) is 5.73 Å². The molecule has 0 bridgehead atoms. The van der Waals surface area contributed by atoms with Crippen molar-refractivity contribution in [3.05, 3.63) is 58.6 Å². The van der Waals surface area contributed by atoms with Crippen molar-refractivity contribution < 1.29 is 9.59 Å². The van der Waals surface area contributed by atoms with Gasteiger partial charge in [0.05, 0.1) is 16.3 Å². The fraction of sp³-hybridized carbons (Fsp3) is 0.0588. The molecule has 0 saturated heterocycles. The number of para-hydroxylation sites is 1. The minimum atomic E-state index is -0.586. The van der Waals surface area contributed by atoms with Crippen molar-refractivity contribution in [1.82, 2.24) is 0 Å². The molecule has 1 heterocycles. The van der Waals surface area contributed by atoms with Crippen molar-refractivity contribution in [1.29, 1.82) is 0 Å². The van der Waals surface area contributed by atoms with Gasteiger partial charge in [-0.3, -0.25) is 10.1 Å². The highest BCUT2D eigenvalue weighted by atomic mass is 35.5. The van der Waals surface area contributed by atoms with E-state index in [1.165, 1.54) is 11.3 Å². The summed E-state index contributed by atoms with van der Waals surface area (Å²) in [5.41, 5.74) is 7.15. The van der Waals surface area contributed by atoms with Crippen LogP contribution in [0.15, 0.2) is 42.5 Å². The van der Waals surface area contributed by atoms with Gasteiger partial charge in [-0.05, 0) is 24.6 Å². The van der Waals surface area contributed by atoms with Gasteiger partial charge in [-0.15, -0.1) is 11.3 Å². The lowest BCUT2D eigenvalue weighted by Gasteiger charge is -2.11. The number of nitrogens with two attached hydrogens (primary N) is 1. The predicted octanol–water partition coefficient (Wildman–Crippen LogP) is 4.61. The van der Waals surface area contributed by atoms with Gasteiger partial charge in [0, 0.05) is 10.1 Å². The largest absolute Gasteiger partial charge is 0.365 e. The van der Waals surface area contributed by atoms with E-state index in [0.717, 1.165) is 15.6 Å². The maximum absolute atomic E-state index is 12.3. The number of carbonyl (C=O) groups is 2. The lowest BCUT2D eigenvalue weighted by molar-refractivity contribution is 0.100. The Morgan fingerprint density at radius 2 is 1.83 bits per heavy atom. The number of aryl methyl sites for hydroxylation is 1. The molecule has 0 saturated carbocycles. The molecule has 0 fully saturated rings. The van der Waals surface area contributed by atoms with Crippen molar-refractivity contribution in [3.63, 3.8) is 0 Å². The average Bonchev–Trinajstić information content (AvgIpc) is 2.89. The van der Waals surface area contributed by atoms with Crippen LogP contribution in [-0.2, 0) is 0 Å². The van der Waals surface area contributed by atoms with E-state index in [-0.39, 0.29) is 0 Å². The number of thiophene rings is 1. The number of nitrogens with one attached hydrogen (secondary N) is 2. The van der Waals surface area contributed by atoms with Crippen LogP contribution in [0.4, 0.5) is 15.5 Å². The second kappa shape index (κ2) is 6.51. The summed E-state index contributed by atoms with van der Waals surface area (Å²) >= 11 is 7.40. The summed E-state index contributed by atoms with van der Waals surface area (Å²) in [4.78, 5) is 24.1. The van der Waals surface area contributed by atoms with Gasteiger partial charge in [0.2, 0.25) is 0 Å². The van der Waals surface area contributed by atoms with E-state index < -0.39 is 11.9 Å². The third-order valence-corrected chi connectivity index (χ3v) is 4.93. The van der Waals surface area contributed by atoms with Crippen LogP contribution < -0.4 is 16.4 Å². The third kappa shape index (κ3) is 3.06. The summed E-state index contributed by atoms with van der Waals surface area (Å²) in [5.74, 6) is -0.586. The van der Waals surface area contributed by atoms with Gasteiger partial charge in [0.1, 0.15) is 5.00 Å². The molecular formula is C17H14ClN3O2S. The molecule has 0 aliphatic carbocycles. The molecule has 0 aliphatic rings. The molecule has 122 valence electrons. The number of rotatable bonds is 3. The normalized spacial score (nSPS) is 10.6. The number of fused-ring (bicyclic) bond motifs is 1. The number of amides is 3.